The largest absolute Gasteiger partial charge is 0.465 e. The molecule has 0 fully saturated rings. The lowest BCUT2D eigenvalue weighted by atomic mass is 10.1. The topological polar surface area (TPSA) is 64.3 Å². The minimum Gasteiger partial charge on any atom is -0.465 e. The van der Waals surface area contributed by atoms with Gasteiger partial charge >= 0.3 is 5.97 Å². The molecule has 0 aliphatic rings. The average molecular weight is 295 g/mol. The minimum atomic E-state index is -0.469. The van der Waals surface area contributed by atoms with Crippen LogP contribution < -0.4 is 11.1 Å². The van der Waals surface area contributed by atoms with Gasteiger partial charge in [0.1, 0.15) is 5.82 Å². The number of methoxy groups -OCH3 is 1. The van der Waals surface area contributed by atoms with Crippen LogP contribution in [0.1, 0.15) is 10.4 Å². The third-order valence-corrected chi connectivity index (χ3v) is 2.99. The first-order valence-corrected chi connectivity index (χ1v) is 6.09. The summed E-state index contributed by atoms with van der Waals surface area (Å²) in [7, 11) is 1.29. The van der Waals surface area contributed by atoms with Gasteiger partial charge in [0.2, 0.25) is 0 Å². The molecule has 6 heteroatoms. The predicted octanol–water partition coefficient (Wildman–Crippen LogP) is 3.59. The van der Waals surface area contributed by atoms with E-state index < -0.39 is 11.8 Å². The number of anilines is 3. The van der Waals surface area contributed by atoms with Gasteiger partial charge in [0.05, 0.1) is 34.8 Å². The van der Waals surface area contributed by atoms with Crippen molar-refractivity contribution >= 4 is 34.6 Å². The van der Waals surface area contributed by atoms with Crippen molar-refractivity contribution in [1.29, 1.82) is 0 Å². The van der Waals surface area contributed by atoms with Gasteiger partial charge < -0.3 is 15.8 Å². The monoisotopic (exact) mass is 294 g/mol. The van der Waals surface area contributed by atoms with Crippen LogP contribution in [0.5, 0.6) is 0 Å². The van der Waals surface area contributed by atoms with Crippen LogP contribution in [0.25, 0.3) is 0 Å². The zero-order valence-corrected chi connectivity index (χ0v) is 11.4. The van der Waals surface area contributed by atoms with Gasteiger partial charge in [-0.3, -0.25) is 0 Å². The number of carbonyl (C=O) groups excluding carboxylic acids is 1. The lowest BCUT2D eigenvalue weighted by molar-refractivity contribution is 0.0601. The van der Waals surface area contributed by atoms with E-state index in [2.05, 4.69) is 10.1 Å². The second-order valence-corrected chi connectivity index (χ2v) is 4.45. The van der Waals surface area contributed by atoms with E-state index in [0.717, 1.165) is 0 Å². The normalized spacial score (nSPS) is 10.2. The molecule has 4 nitrogen and oxygen atoms in total. The molecule has 0 spiro atoms. The highest BCUT2D eigenvalue weighted by atomic mass is 35.5. The van der Waals surface area contributed by atoms with Crippen LogP contribution in [-0.4, -0.2) is 13.1 Å². The van der Waals surface area contributed by atoms with Gasteiger partial charge in [0, 0.05) is 0 Å². The van der Waals surface area contributed by atoms with E-state index in [9.17, 15) is 9.18 Å². The Bertz CT molecular complexity index is 662. The maximum atomic E-state index is 13.0. The van der Waals surface area contributed by atoms with Crippen molar-refractivity contribution in [1.82, 2.24) is 0 Å². The van der Waals surface area contributed by atoms with Crippen molar-refractivity contribution in [3.8, 4) is 0 Å². The number of nitrogens with one attached hydrogen (secondary N) is 1. The Balaban J connectivity index is 2.28. The van der Waals surface area contributed by atoms with Crippen molar-refractivity contribution in [2.75, 3.05) is 18.2 Å². The van der Waals surface area contributed by atoms with Crippen LogP contribution in [-0.2, 0) is 4.74 Å². The summed E-state index contributed by atoms with van der Waals surface area (Å²) in [6.45, 7) is 0. The summed E-state index contributed by atoms with van der Waals surface area (Å²) in [4.78, 5) is 11.4. The molecule has 0 atom stereocenters. The number of rotatable bonds is 3. The van der Waals surface area contributed by atoms with Crippen LogP contribution in [0.4, 0.5) is 21.5 Å². The Morgan fingerprint density at radius 3 is 2.55 bits per heavy atom. The number of ether oxygens (including phenoxy) is 1. The summed E-state index contributed by atoms with van der Waals surface area (Å²) in [5, 5.41) is 3.21. The quantitative estimate of drug-likeness (QED) is 0.671. The van der Waals surface area contributed by atoms with Crippen molar-refractivity contribution in [3.63, 3.8) is 0 Å². The van der Waals surface area contributed by atoms with Gasteiger partial charge in [-0.1, -0.05) is 11.6 Å². The van der Waals surface area contributed by atoms with E-state index in [1.807, 2.05) is 0 Å². The second kappa shape index (κ2) is 5.79. The summed E-state index contributed by atoms with van der Waals surface area (Å²) in [6, 6.07) is 8.68. The van der Waals surface area contributed by atoms with E-state index in [4.69, 9.17) is 17.3 Å². The second-order valence-electron chi connectivity index (χ2n) is 4.04. The molecule has 0 aliphatic heterocycles. The SMILES string of the molecule is COC(=O)c1ccc(Nc2ccc(F)cc2Cl)c(N)c1. The predicted molar refractivity (Wildman–Crippen MR) is 76.9 cm³/mol. The summed E-state index contributed by atoms with van der Waals surface area (Å²) in [5.74, 6) is -0.891. The summed E-state index contributed by atoms with van der Waals surface area (Å²) in [5.41, 5.74) is 7.64. The molecule has 2 rings (SSSR count). The first kappa shape index (κ1) is 14.1. The van der Waals surface area contributed by atoms with Gasteiger partial charge in [-0.25, -0.2) is 9.18 Å². The first-order valence-electron chi connectivity index (χ1n) is 5.71. The highest BCUT2D eigenvalue weighted by molar-refractivity contribution is 6.33. The molecule has 3 N–H and O–H groups in total. The number of nitrogen functional groups attached to an aromatic ring is 1. The summed E-state index contributed by atoms with van der Waals surface area (Å²) in [6.07, 6.45) is 0. The molecule has 0 bridgehead atoms. The number of hydrogen-bond acceptors (Lipinski definition) is 4. The van der Waals surface area contributed by atoms with Gasteiger partial charge in [-0.05, 0) is 36.4 Å². The van der Waals surface area contributed by atoms with E-state index in [-0.39, 0.29) is 5.02 Å². The van der Waals surface area contributed by atoms with Crippen molar-refractivity contribution in [3.05, 3.63) is 52.8 Å². The van der Waals surface area contributed by atoms with Crippen molar-refractivity contribution in [2.45, 2.75) is 0 Å². The molecule has 0 saturated heterocycles. The number of benzene rings is 2. The summed E-state index contributed by atoms with van der Waals surface area (Å²) < 4.78 is 17.6. The fourth-order valence-corrected chi connectivity index (χ4v) is 1.87. The number of hydrogen-bond donors (Lipinski definition) is 2. The number of nitrogens with two attached hydrogens (primary N) is 1. The average Bonchev–Trinajstić information content (AvgIpc) is 2.42. The Morgan fingerprint density at radius 1 is 1.25 bits per heavy atom. The van der Waals surface area contributed by atoms with Crippen LogP contribution in [0.3, 0.4) is 0 Å². The fraction of sp³-hybridized carbons (Fsp3) is 0.0714. The first-order chi connectivity index (χ1) is 9.51. The molecule has 2 aromatic carbocycles. The van der Waals surface area contributed by atoms with Crippen molar-refractivity contribution in [2.24, 2.45) is 0 Å². The summed E-state index contributed by atoms with van der Waals surface area (Å²) >= 11 is 5.92. The molecule has 104 valence electrons. The van der Waals surface area contributed by atoms with Gasteiger partial charge in [-0.2, -0.15) is 0 Å². The van der Waals surface area contributed by atoms with Gasteiger partial charge in [0.15, 0.2) is 0 Å². The molecule has 0 radical (unpaired) electrons. The van der Waals surface area contributed by atoms with Crippen LogP contribution in [0.15, 0.2) is 36.4 Å². The third kappa shape index (κ3) is 3.00. The lowest BCUT2D eigenvalue weighted by Crippen LogP contribution is -2.04. The molecule has 0 heterocycles. The maximum Gasteiger partial charge on any atom is 0.337 e. The highest BCUT2D eigenvalue weighted by Crippen LogP contribution is 2.29. The third-order valence-electron chi connectivity index (χ3n) is 2.67. The molecule has 20 heavy (non-hydrogen) atoms. The molecule has 0 amide bonds. The lowest BCUT2D eigenvalue weighted by Gasteiger charge is -2.11. The Kier molecular flexibility index (Phi) is 4.10. The highest BCUT2D eigenvalue weighted by Gasteiger charge is 2.09. The number of halogens is 2. The maximum absolute atomic E-state index is 13.0. The van der Waals surface area contributed by atoms with E-state index >= 15 is 0 Å². The molecule has 0 aliphatic carbocycles. The van der Waals surface area contributed by atoms with Gasteiger partial charge in [0.25, 0.3) is 0 Å². The fourth-order valence-electron chi connectivity index (χ4n) is 1.66. The van der Waals surface area contributed by atoms with E-state index in [0.29, 0.717) is 22.6 Å². The van der Waals surface area contributed by atoms with Crippen LogP contribution >= 0.6 is 11.6 Å². The van der Waals surface area contributed by atoms with Crippen LogP contribution in [0.2, 0.25) is 5.02 Å². The molecule has 0 unspecified atom stereocenters. The van der Waals surface area contributed by atoms with Gasteiger partial charge in [-0.15, -0.1) is 0 Å². The smallest absolute Gasteiger partial charge is 0.337 e. The molecule has 0 saturated carbocycles. The zero-order valence-electron chi connectivity index (χ0n) is 10.6. The van der Waals surface area contributed by atoms with E-state index in [1.54, 1.807) is 12.1 Å². The zero-order chi connectivity index (χ0) is 14.7. The Hall–Kier alpha value is -2.27. The van der Waals surface area contributed by atoms with Crippen LogP contribution in [0, 0.1) is 5.82 Å². The molecular formula is C14H12ClFN2O2. The van der Waals surface area contributed by atoms with Crippen molar-refractivity contribution < 1.29 is 13.9 Å². The standard InChI is InChI=1S/C14H12ClFN2O2/c1-20-14(19)8-2-4-13(11(17)6-8)18-12-5-3-9(16)7-10(12)15/h2-7,18H,17H2,1H3. The van der Waals surface area contributed by atoms with E-state index in [1.165, 1.54) is 31.4 Å². The molecule has 0 aromatic heterocycles. The number of esters is 1. The molecule has 2 aromatic rings. The Morgan fingerprint density at radius 2 is 1.95 bits per heavy atom. The Labute approximate surface area is 120 Å². The molecular weight excluding hydrogens is 283 g/mol. The minimum absolute atomic E-state index is 0.237. The number of carbonyl (C=O) groups is 1.